The number of aromatic nitrogens is 1. The summed E-state index contributed by atoms with van der Waals surface area (Å²) in [5.74, 6) is 1.82. The van der Waals surface area contributed by atoms with Gasteiger partial charge in [-0.2, -0.15) is 0 Å². The van der Waals surface area contributed by atoms with E-state index < -0.39 is 5.82 Å². The highest BCUT2D eigenvalue weighted by Crippen LogP contribution is 2.45. The van der Waals surface area contributed by atoms with Crippen molar-refractivity contribution in [1.82, 2.24) is 4.98 Å². The van der Waals surface area contributed by atoms with Crippen LogP contribution in [0.4, 0.5) is 15.2 Å². The summed E-state index contributed by atoms with van der Waals surface area (Å²) < 4.78 is 20.4. The summed E-state index contributed by atoms with van der Waals surface area (Å²) in [5, 5.41) is 7.21. The first-order valence-corrected chi connectivity index (χ1v) is 12.7. The zero-order valence-electron chi connectivity index (χ0n) is 17.1. The smallest absolute Gasteiger partial charge is 0.264 e. The molecule has 0 aliphatic carbocycles. The molecule has 2 aromatic carbocycles. The second-order valence-electron chi connectivity index (χ2n) is 6.89. The molecule has 1 fully saturated rings. The van der Waals surface area contributed by atoms with Crippen molar-refractivity contribution < 1.29 is 18.7 Å². The molecule has 1 aromatic heterocycles. The molecule has 4 rings (SSSR count). The summed E-state index contributed by atoms with van der Waals surface area (Å²) in [6, 6.07) is 12.2. The van der Waals surface area contributed by atoms with Crippen LogP contribution in [0.2, 0.25) is 0 Å². The molecule has 166 valence electrons. The van der Waals surface area contributed by atoms with Crippen molar-refractivity contribution in [1.29, 1.82) is 0 Å². The van der Waals surface area contributed by atoms with E-state index >= 15 is 0 Å². The summed E-state index contributed by atoms with van der Waals surface area (Å²) in [4.78, 5) is 27.6. The monoisotopic (exact) mass is 489 g/mol. The predicted octanol–water partition coefficient (Wildman–Crippen LogP) is 5.40. The van der Waals surface area contributed by atoms with Crippen molar-refractivity contribution in [3.63, 3.8) is 0 Å². The highest BCUT2D eigenvalue weighted by Gasteiger charge is 2.18. The van der Waals surface area contributed by atoms with Crippen LogP contribution < -0.4 is 15.4 Å². The maximum Gasteiger partial charge on any atom is 0.264 e. The van der Waals surface area contributed by atoms with Crippen LogP contribution in [0, 0.1) is 5.82 Å². The number of benzene rings is 2. The maximum absolute atomic E-state index is 14.4. The second kappa shape index (κ2) is 10.4. The third-order valence-corrected chi connectivity index (χ3v) is 8.32. The maximum atomic E-state index is 14.4. The number of nitrogens with zero attached hydrogens (tertiary/aromatic N) is 1. The Balaban J connectivity index is 1.31. The minimum Gasteiger partial charge on any atom is -0.484 e. The molecule has 0 radical (unpaired) electrons. The third-order valence-electron chi connectivity index (χ3n) is 4.46. The number of amides is 2. The molecule has 6 nitrogen and oxygen atoms in total. The Kier molecular flexibility index (Phi) is 7.33. The molecular formula is C22H20FN3O3S3. The van der Waals surface area contributed by atoms with E-state index in [1.165, 1.54) is 47.5 Å². The van der Waals surface area contributed by atoms with Gasteiger partial charge in [0.1, 0.15) is 11.6 Å². The lowest BCUT2D eigenvalue weighted by atomic mass is 10.1. The van der Waals surface area contributed by atoms with Gasteiger partial charge in [0, 0.05) is 35.1 Å². The van der Waals surface area contributed by atoms with Crippen LogP contribution in [0.5, 0.6) is 5.75 Å². The number of hydrogen-bond acceptors (Lipinski definition) is 7. The number of carbonyl (C=O) groups excluding carboxylic acids is 2. The van der Waals surface area contributed by atoms with Crippen LogP contribution in [0.3, 0.4) is 0 Å². The van der Waals surface area contributed by atoms with Gasteiger partial charge in [-0.05, 0) is 35.9 Å². The Hall–Kier alpha value is -2.56. The van der Waals surface area contributed by atoms with Gasteiger partial charge >= 0.3 is 0 Å². The van der Waals surface area contributed by atoms with Crippen LogP contribution in [0.1, 0.15) is 17.1 Å². The molecule has 3 aromatic rings. The first-order chi connectivity index (χ1) is 15.5. The molecule has 0 unspecified atom stereocenters. The summed E-state index contributed by atoms with van der Waals surface area (Å²) in [6.07, 6.45) is 0. The standard InChI is InChI=1S/C22H20FN3O3S3/c1-13(27)24-15-4-7-17(18(23)10-15)19-12-32-22(25-19)26-20(28)11-29-16-5-2-14(3-6-16)21-30-8-9-31-21/h2-7,10,12,21H,8-9,11H2,1H3,(H,24,27)(H,25,26,28). The number of anilines is 2. The fraction of sp³-hybridized carbons (Fsp3) is 0.227. The van der Waals surface area contributed by atoms with E-state index in [2.05, 4.69) is 15.6 Å². The Labute approximate surface area is 197 Å². The molecule has 0 spiro atoms. The first-order valence-electron chi connectivity index (χ1n) is 9.77. The van der Waals surface area contributed by atoms with E-state index in [0.29, 0.717) is 26.8 Å². The van der Waals surface area contributed by atoms with Gasteiger partial charge in [0.15, 0.2) is 11.7 Å². The van der Waals surface area contributed by atoms with Gasteiger partial charge in [0.05, 0.1) is 10.3 Å². The van der Waals surface area contributed by atoms with Gasteiger partial charge in [-0.3, -0.25) is 14.9 Å². The van der Waals surface area contributed by atoms with E-state index in [9.17, 15) is 14.0 Å². The summed E-state index contributed by atoms with van der Waals surface area (Å²) in [5.41, 5.74) is 2.30. The van der Waals surface area contributed by atoms with Crippen LogP contribution in [0.25, 0.3) is 11.3 Å². The number of rotatable bonds is 7. The number of nitrogens with one attached hydrogen (secondary N) is 2. The van der Waals surface area contributed by atoms with Crippen LogP contribution >= 0.6 is 34.9 Å². The molecule has 2 heterocycles. The van der Waals surface area contributed by atoms with Gasteiger partial charge in [-0.1, -0.05) is 12.1 Å². The molecule has 0 atom stereocenters. The summed E-state index contributed by atoms with van der Waals surface area (Å²) in [7, 11) is 0. The average molecular weight is 490 g/mol. The van der Waals surface area contributed by atoms with Gasteiger partial charge in [-0.25, -0.2) is 9.37 Å². The zero-order valence-corrected chi connectivity index (χ0v) is 19.5. The van der Waals surface area contributed by atoms with Gasteiger partial charge < -0.3 is 10.1 Å². The summed E-state index contributed by atoms with van der Waals surface area (Å²) in [6.45, 7) is 1.20. The molecule has 0 saturated carbocycles. The van der Waals surface area contributed by atoms with Crippen molar-refractivity contribution in [2.24, 2.45) is 0 Å². The number of hydrogen-bond donors (Lipinski definition) is 2. The third kappa shape index (κ3) is 5.81. The number of thioether (sulfide) groups is 2. The molecule has 0 bridgehead atoms. The minimum atomic E-state index is -0.513. The SMILES string of the molecule is CC(=O)Nc1ccc(-c2csc(NC(=O)COc3ccc(C4SCCS4)cc3)n2)c(F)c1. The molecule has 1 saturated heterocycles. The summed E-state index contributed by atoms with van der Waals surface area (Å²) >= 11 is 5.07. The quantitative estimate of drug-likeness (QED) is 0.462. The number of thiazole rings is 1. The van der Waals surface area contributed by atoms with Crippen molar-refractivity contribution in [3.05, 3.63) is 59.2 Å². The normalized spacial score (nSPS) is 13.7. The first kappa shape index (κ1) is 22.6. The molecule has 1 aliphatic heterocycles. The molecule has 2 amide bonds. The Morgan fingerprint density at radius 3 is 2.56 bits per heavy atom. The molecule has 2 N–H and O–H groups in total. The van der Waals surface area contributed by atoms with Crippen molar-refractivity contribution in [2.45, 2.75) is 11.5 Å². The second-order valence-corrected chi connectivity index (χ2v) is 10.5. The Morgan fingerprint density at radius 2 is 1.88 bits per heavy atom. The van der Waals surface area contributed by atoms with Crippen LogP contribution in [-0.4, -0.2) is 34.9 Å². The van der Waals surface area contributed by atoms with Crippen molar-refractivity contribution in [3.8, 4) is 17.0 Å². The van der Waals surface area contributed by atoms with Gasteiger partial charge in [-0.15, -0.1) is 34.9 Å². The molecular weight excluding hydrogens is 469 g/mol. The molecule has 10 heteroatoms. The minimum absolute atomic E-state index is 0.152. The lowest BCUT2D eigenvalue weighted by Gasteiger charge is -2.10. The number of carbonyl (C=O) groups is 2. The molecule has 32 heavy (non-hydrogen) atoms. The highest BCUT2D eigenvalue weighted by atomic mass is 32.2. The van der Waals surface area contributed by atoms with Crippen LogP contribution in [0.15, 0.2) is 47.8 Å². The Bertz CT molecular complexity index is 1120. The topological polar surface area (TPSA) is 80.3 Å². The van der Waals surface area contributed by atoms with E-state index in [0.717, 1.165) is 0 Å². The largest absolute Gasteiger partial charge is 0.484 e. The van der Waals surface area contributed by atoms with E-state index in [4.69, 9.17) is 4.74 Å². The fourth-order valence-electron chi connectivity index (χ4n) is 3.03. The van der Waals surface area contributed by atoms with Gasteiger partial charge in [0.2, 0.25) is 5.91 Å². The Morgan fingerprint density at radius 1 is 1.12 bits per heavy atom. The van der Waals surface area contributed by atoms with E-state index in [1.807, 2.05) is 47.8 Å². The van der Waals surface area contributed by atoms with Crippen molar-refractivity contribution >= 4 is 57.5 Å². The average Bonchev–Trinajstić information content (AvgIpc) is 3.45. The fourth-order valence-corrected chi connectivity index (χ4v) is 6.62. The highest BCUT2D eigenvalue weighted by molar-refractivity contribution is 8.19. The number of halogens is 1. The van der Waals surface area contributed by atoms with Crippen molar-refractivity contribution in [2.75, 3.05) is 28.7 Å². The lowest BCUT2D eigenvalue weighted by molar-refractivity contribution is -0.118. The van der Waals surface area contributed by atoms with Crippen LogP contribution in [-0.2, 0) is 9.59 Å². The lowest BCUT2D eigenvalue weighted by Crippen LogP contribution is -2.20. The van der Waals surface area contributed by atoms with E-state index in [1.54, 1.807) is 11.4 Å². The predicted molar refractivity (Wildman–Crippen MR) is 130 cm³/mol. The number of ether oxygens (including phenoxy) is 1. The zero-order chi connectivity index (χ0) is 22.5. The van der Waals surface area contributed by atoms with E-state index in [-0.39, 0.29) is 24.0 Å². The van der Waals surface area contributed by atoms with Gasteiger partial charge in [0.25, 0.3) is 5.91 Å². The molecule has 1 aliphatic rings.